The Bertz CT molecular complexity index is 549. The lowest BCUT2D eigenvalue weighted by Gasteiger charge is -2.35. The van der Waals surface area contributed by atoms with Crippen molar-refractivity contribution < 1.29 is 24.2 Å². The van der Waals surface area contributed by atoms with E-state index in [4.69, 9.17) is 9.47 Å². The molecule has 24 heavy (non-hydrogen) atoms. The third-order valence-electron chi connectivity index (χ3n) is 4.54. The highest BCUT2D eigenvalue weighted by molar-refractivity contribution is 5.98. The summed E-state index contributed by atoms with van der Waals surface area (Å²) in [5.74, 6) is 0.446. The number of rotatable bonds is 8. The molecule has 0 spiro atoms. The Morgan fingerprint density at radius 2 is 1.88 bits per heavy atom. The normalized spacial score (nSPS) is 16.4. The molecule has 1 amide bonds. The zero-order valence-electron chi connectivity index (χ0n) is 14.0. The average molecular weight is 335 g/mol. The molecule has 0 saturated carbocycles. The Morgan fingerprint density at radius 3 is 2.46 bits per heavy atom. The van der Waals surface area contributed by atoms with E-state index in [9.17, 15) is 14.7 Å². The summed E-state index contributed by atoms with van der Waals surface area (Å²) >= 11 is 0. The fourth-order valence-corrected chi connectivity index (χ4v) is 2.72. The summed E-state index contributed by atoms with van der Waals surface area (Å²) in [4.78, 5) is 24.1. The van der Waals surface area contributed by atoms with Crippen LogP contribution in [0.1, 0.15) is 36.0 Å². The fourth-order valence-electron chi connectivity index (χ4n) is 2.72. The zero-order valence-corrected chi connectivity index (χ0v) is 14.0. The molecule has 0 aromatic heterocycles. The Hall–Kier alpha value is -1.92. The molecule has 132 valence electrons. The van der Waals surface area contributed by atoms with Gasteiger partial charge in [0, 0.05) is 43.6 Å². The molecule has 1 aromatic rings. The lowest BCUT2D eigenvalue weighted by atomic mass is 9.81. The van der Waals surface area contributed by atoms with Gasteiger partial charge in [0.15, 0.2) is 5.78 Å². The van der Waals surface area contributed by atoms with Crippen LogP contribution in [0.5, 0.6) is 5.75 Å². The molecule has 1 aromatic carbocycles. The molecule has 6 nitrogen and oxygen atoms in total. The number of ether oxygens (including phenoxy) is 2. The highest BCUT2D eigenvalue weighted by Crippen LogP contribution is 2.29. The van der Waals surface area contributed by atoms with Crippen molar-refractivity contribution in [2.24, 2.45) is 5.41 Å². The lowest BCUT2D eigenvalue weighted by molar-refractivity contribution is -0.122. The van der Waals surface area contributed by atoms with Crippen LogP contribution in [-0.4, -0.2) is 50.3 Å². The van der Waals surface area contributed by atoms with Gasteiger partial charge in [0.05, 0.1) is 13.7 Å². The van der Waals surface area contributed by atoms with Crippen LogP contribution in [0.3, 0.4) is 0 Å². The molecule has 1 aliphatic heterocycles. The van der Waals surface area contributed by atoms with Crippen LogP contribution < -0.4 is 10.1 Å². The topological polar surface area (TPSA) is 84.9 Å². The first-order chi connectivity index (χ1) is 11.6. The van der Waals surface area contributed by atoms with Crippen LogP contribution in [0.2, 0.25) is 0 Å². The third kappa shape index (κ3) is 5.04. The molecular formula is C18H25NO5. The van der Waals surface area contributed by atoms with Gasteiger partial charge in [-0.1, -0.05) is 0 Å². The summed E-state index contributed by atoms with van der Waals surface area (Å²) in [6, 6.07) is 6.84. The lowest BCUT2D eigenvalue weighted by Crippen LogP contribution is -2.43. The van der Waals surface area contributed by atoms with E-state index >= 15 is 0 Å². The molecule has 0 bridgehead atoms. The van der Waals surface area contributed by atoms with E-state index in [2.05, 4.69) is 5.32 Å². The number of Topliss-reactive ketones (excluding diaryl/α,β-unsaturated/α-hetero) is 1. The van der Waals surface area contributed by atoms with Gasteiger partial charge in [0.25, 0.3) is 0 Å². The van der Waals surface area contributed by atoms with Gasteiger partial charge in [-0.15, -0.1) is 0 Å². The number of aliphatic hydroxyl groups is 1. The molecular weight excluding hydrogens is 310 g/mol. The molecule has 1 saturated heterocycles. The van der Waals surface area contributed by atoms with Crippen molar-refractivity contribution >= 4 is 11.7 Å². The van der Waals surface area contributed by atoms with E-state index in [0.717, 1.165) is 12.8 Å². The number of ketones is 1. The van der Waals surface area contributed by atoms with Crippen molar-refractivity contribution in [2.45, 2.75) is 25.7 Å². The van der Waals surface area contributed by atoms with E-state index in [1.807, 2.05) is 0 Å². The standard InChI is InChI=1S/C18H25NO5/c1-23-15-4-2-14(3-5-15)16(21)6-7-17(22)19-12-18(13-20)8-10-24-11-9-18/h2-5,20H,6-13H2,1H3,(H,19,22). The number of carbonyl (C=O) groups is 2. The van der Waals surface area contributed by atoms with Crippen molar-refractivity contribution in [1.82, 2.24) is 5.32 Å². The number of benzene rings is 1. The Kier molecular flexibility index (Phi) is 6.75. The predicted octanol–water partition coefficient (Wildman–Crippen LogP) is 1.56. The van der Waals surface area contributed by atoms with Crippen molar-refractivity contribution in [2.75, 3.05) is 33.5 Å². The highest BCUT2D eigenvalue weighted by Gasteiger charge is 2.32. The number of aliphatic hydroxyl groups excluding tert-OH is 1. The third-order valence-corrected chi connectivity index (χ3v) is 4.54. The summed E-state index contributed by atoms with van der Waals surface area (Å²) in [6.45, 7) is 1.66. The monoisotopic (exact) mass is 335 g/mol. The second kappa shape index (κ2) is 8.80. The van der Waals surface area contributed by atoms with Crippen molar-refractivity contribution in [3.63, 3.8) is 0 Å². The van der Waals surface area contributed by atoms with Crippen molar-refractivity contribution in [3.8, 4) is 5.75 Å². The molecule has 2 rings (SSSR count). The maximum atomic E-state index is 12.1. The second-order valence-corrected chi connectivity index (χ2v) is 6.20. The summed E-state index contributed by atoms with van der Waals surface area (Å²) in [7, 11) is 1.57. The van der Waals surface area contributed by atoms with E-state index in [0.29, 0.717) is 31.1 Å². The summed E-state index contributed by atoms with van der Waals surface area (Å²) in [5.41, 5.74) is 0.272. The van der Waals surface area contributed by atoms with Gasteiger partial charge in [0.1, 0.15) is 5.75 Å². The van der Waals surface area contributed by atoms with Gasteiger partial charge < -0.3 is 19.9 Å². The first-order valence-corrected chi connectivity index (χ1v) is 8.21. The van der Waals surface area contributed by atoms with Gasteiger partial charge in [-0.2, -0.15) is 0 Å². The Balaban J connectivity index is 1.76. The molecule has 0 radical (unpaired) electrons. The van der Waals surface area contributed by atoms with Crippen LogP contribution in [0.4, 0.5) is 0 Å². The maximum absolute atomic E-state index is 12.1. The fraction of sp³-hybridized carbons (Fsp3) is 0.556. The zero-order chi connectivity index (χ0) is 17.4. The van der Waals surface area contributed by atoms with Crippen LogP contribution in [0.15, 0.2) is 24.3 Å². The molecule has 0 atom stereocenters. The minimum atomic E-state index is -0.298. The first kappa shape index (κ1) is 18.4. The smallest absolute Gasteiger partial charge is 0.220 e. The van der Waals surface area contributed by atoms with E-state index < -0.39 is 0 Å². The van der Waals surface area contributed by atoms with Crippen LogP contribution >= 0.6 is 0 Å². The number of hydrogen-bond acceptors (Lipinski definition) is 5. The number of amides is 1. The number of methoxy groups -OCH3 is 1. The Labute approximate surface area is 142 Å². The van der Waals surface area contributed by atoms with Gasteiger partial charge in [-0.3, -0.25) is 9.59 Å². The minimum absolute atomic E-state index is 0.0292. The van der Waals surface area contributed by atoms with Crippen LogP contribution in [0.25, 0.3) is 0 Å². The number of hydrogen-bond donors (Lipinski definition) is 2. The van der Waals surface area contributed by atoms with Crippen molar-refractivity contribution in [1.29, 1.82) is 0 Å². The predicted molar refractivity (Wildman–Crippen MR) is 89.1 cm³/mol. The summed E-state index contributed by atoms with van der Waals surface area (Å²) in [5, 5.41) is 12.4. The first-order valence-electron chi connectivity index (χ1n) is 8.21. The minimum Gasteiger partial charge on any atom is -0.497 e. The maximum Gasteiger partial charge on any atom is 0.220 e. The van der Waals surface area contributed by atoms with Gasteiger partial charge >= 0.3 is 0 Å². The van der Waals surface area contributed by atoms with E-state index in [-0.39, 0.29) is 36.6 Å². The summed E-state index contributed by atoms with van der Waals surface area (Å²) < 4.78 is 10.4. The summed E-state index contributed by atoms with van der Waals surface area (Å²) in [6.07, 6.45) is 1.76. The van der Waals surface area contributed by atoms with Gasteiger partial charge in [0.2, 0.25) is 5.91 Å². The van der Waals surface area contributed by atoms with Crippen molar-refractivity contribution in [3.05, 3.63) is 29.8 Å². The van der Waals surface area contributed by atoms with Gasteiger partial charge in [-0.05, 0) is 37.1 Å². The van der Waals surface area contributed by atoms with E-state index in [1.165, 1.54) is 0 Å². The Morgan fingerprint density at radius 1 is 1.21 bits per heavy atom. The quantitative estimate of drug-likeness (QED) is 0.704. The average Bonchev–Trinajstić information content (AvgIpc) is 2.65. The highest BCUT2D eigenvalue weighted by atomic mass is 16.5. The van der Waals surface area contributed by atoms with Crippen LogP contribution in [-0.2, 0) is 9.53 Å². The molecule has 1 heterocycles. The second-order valence-electron chi connectivity index (χ2n) is 6.20. The molecule has 0 unspecified atom stereocenters. The van der Waals surface area contributed by atoms with Crippen LogP contribution in [0, 0.1) is 5.41 Å². The number of carbonyl (C=O) groups excluding carboxylic acids is 2. The SMILES string of the molecule is COc1ccc(C(=O)CCC(=O)NCC2(CO)CCOCC2)cc1. The molecule has 6 heteroatoms. The number of nitrogens with one attached hydrogen (secondary N) is 1. The molecule has 1 fully saturated rings. The largest absolute Gasteiger partial charge is 0.497 e. The molecule has 2 N–H and O–H groups in total. The molecule has 0 aliphatic carbocycles. The van der Waals surface area contributed by atoms with E-state index in [1.54, 1.807) is 31.4 Å². The molecule has 1 aliphatic rings. The van der Waals surface area contributed by atoms with Gasteiger partial charge in [-0.25, -0.2) is 0 Å².